The Morgan fingerprint density at radius 2 is 2.00 bits per heavy atom. The van der Waals surface area contributed by atoms with Crippen LogP contribution in [-0.4, -0.2) is 18.6 Å². The lowest BCUT2D eigenvalue weighted by Gasteiger charge is -2.08. The fourth-order valence-corrected chi connectivity index (χ4v) is 3.03. The van der Waals surface area contributed by atoms with E-state index in [2.05, 4.69) is 14.9 Å². The molecule has 3 rings (SSSR count). The Labute approximate surface area is 119 Å². The van der Waals surface area contributed by atoms with E-state index >= 15 is 0 Å². The number of aromatic nitrogens is 2. The molecular weight excluding hydrogens is 295 g/mol. The summed E-state index contributed by atoms with van der Waals surface area (Å²) in [4.78, 5) is -0.150. The minimum Gasteiger partial charge on any atom is -0.382 e. The molecule has 1 heterocycles. The highest BCUT2D eigenvalue weighted by atomic mass is 32.2. The third-order valence-electron chi connectivity index (χ3n) is 2.95. The van der Waals surface area contributed by atoms with Crippen molar-refractivity contribution in [1.29, 1.82) is 0 Å². The molecule has 3 aromatic rings. The van der Waals surface area contributed by atoms with E-state index in [0.717, 1.165) is 6.07 Å². The van der Waals surface area contributed by atoms with Gasteiger partial charge in [-0.15, -0.1) is 0 Å². The summed E-state index contributed by atoms with van der Waals surface area (Å²) in [6.45, 7) is 0. The van der Waals surface area contributed by atoms with Crippen LogP contribution in [0, 0.1) is 5.82 Å². The summed E-state index contributed by atoms with van der Waals surface area (Å²) in [6, 6.07) is 9.56. The lowest BCUT2D eigenvalue weighted by atomic mass is 10.2. The molecule has 0 aliphatic heterocycles. The Kier molecular flexibility index (Phi) is 3.02. The Morgan fingerprint density at radius 1 is 1.19 bits per heavy atom. The van der Waals surface area contributed by atoms with Crippen LogP contribution in [0.25, 0.3) is 10.9 Å². The van der Waals surface area contributed by atoms with Crippen LogP contribution in [-0.2, 0) is 10.0 Å². The molecule has 4 N–H and O–H groups in total. The van der Waals surface area contributed by atoms with E-state index in [1.807, 2.05) is 0 Å². The van der Waals surface area contributed by atoms with Gasteiger partial charge in [0, 0.05) is 11.1 Å². The van der Waals surface area contributed by atoms with Gasteiger partial charge in [0.15, 0.2) is 5.82 Å². The number of rotatable bonds is 3. The predicted molar refractivity (Wildman–Crippen MR) is 77.7 cm³/mol. The number of anilines is 2. The summed E-state index contributed by atoms with van der Waals surface area (Å²) in [5, 5.41) is 7.15. The number of hydrogen-bond acceptors (Lipinski definition) is 4. The molecule has 108 valence electrons. The largest absolute Gasteiger partial charge is 0.382 e. The summed E-state index contributed by atoms with van der Waals surface area (Å²) in [5.74, 6) is -0.343. The molecule has 0 saturated heterocycles. The summed E-state index contributed by atoms with van der Waals surface area (Å²) >= 11 is 0. The number of nitrogens with zero attached hydrogens (tertiary/aromatic N) is 1. The maximum Gasteiger partial charge on any atom is 0.261 e. The molecule has 6 nitrogen and oxygen atoms in total. The van der Waals surface area contributed by atoms with Crippen LogP contribution in [0.5, 0.6) is 0 Å². The quantitative estimate of drug-likeness (QED) is 0.689. The number of halogens is 1. The molecule has 0 aliphatic rings. The average molecular weight is 306 g/mol. The number of hydrogen-bond donors (Lipinski definition) is 3. The molecule has 0 aliphatic carbocycles. The van der Waals surface area contributed by atoms with Gasteiger partial charge in [-0.1, -0.05) is 6.07 Å². The number of nitrogens with one attached hydrogen (secondary N) is 2. The van der Waals surface area contributed by atoms with Crippen LogP contribution in [0.15, 0.2) is 47.4 Å². The molecule has 0 amide bonds. The normalized spacial score (nSPS) is 11.7. The zero-order valence-corrected chi connectivity index (χ0v) is 11.5. The predicted octanol–water partition coefficient (Wildman–Crippen LogP) is 2.08. The summed E-state index contributed by atoms with van der Waals surface area (Å²) in [7, 11) is -3.86. The summed E-state index contributed by atoms with van der Waals surface area (Å²) in [6.07, 6.45) is 0. The maximum absolute atomic E-state index is 13.1. The van der Waals surface area contributed by atoms with Crippen molar-refractivity contribution < 1.29 is 12.8 Å². The monoisotopic (exact) mass is 306 g/mol. The molecule has 0 fully saturated rings. The van der Waals surface area contributed by atoms with Crippen LogP contribution in [0.2, 0.25) is 0 Å². The Balaban J connectivity index is 1.98. The zero-order valence-electron chi connectivity index (χ0n) is 10.7. The second-order valence-corrected chi connectivity index (χ2v) is 6.11. The van der Waals surface area contributed by atoms with Gasteiger partial charge in [-0.05, 0) is 36.4 Å². The minimum atomic E-state index is -3.86. The van der Waals surface area contributed by atoms with Crippen molar-refractivity contribution in [2.45, 2.75) is 4.90 Å². The van der Waals surface area contributed by atoms with Crippen molar-refractivity contribution in [1.82, 2.24) is 10.2 Å². The molecule has 8 heteroatoms. The molecule has 0 unspecified atom stereocenters. The van der Waals surface area contributed by atoms with E-state index in [4.69, 9.17) is 5.73 Å². The lowest BCUT2D eigenvalue weighted by molar-refractivity contribution is 0.595. The average Bonchev–Trinajstić information content (AvgIpc) is 2.80. The van der Waals surface area contributed by atoms with Crippen molar-refractivity contribution in [3.05, 3.63) is 48.3 Å². The lowest BCUT2D eigenvalue weighted by Crippen LogP contribution is -2.13. The minimum absolute atomic E-state index is 0.150. The SMILES string of the molecule is Nc1n[nH]c2ccc(NS(=O)(=O)c3cccc(F)c3)cc12. The number of H-pyrrole nitrogens is 1. The van der Waals surface area contributed by atoms with Gasteiger partial charge in [0.2, 0.25) is 0 Å². The van der Waals surface area contributed by atoms with E-state index in [1.54, 1.807) is 18.2 Å². The molecular formula is C13H11FN4O2S. The smallest absolute Gasteiger partial charge is 0.261 e. The van der Waals surface area contributed by atoms with Crippen LogP contribution in [0.3, 0.4) is 0 Å². The highest BCUT2D eigenvalue weighted by molar-refractivity contribution is 7.92. The van der Waals surface area contributed by atoms with Crippen LogP contribution in [0.1, 0.15) is 0 Å². The number of nitrogens with two attached hydrogens (primary N) is 1. The van der Waals surface area contributed by atoms with Crippen molar-refractivity contribution >= 4 is 32.4 Å². The third-order valence-corrected chi connectivity index (χ3v) is 4.33. The van der Waals surface area contributed by atoms with E-state index in [1.165, 1.54) is 18.2 Å². The van der Waals surface area contributed by atoms with Gasteiger partial charge in [-0.25, -0.2) is 12.8 Å². The van der Waals surface area contributed by atoms with Crippen molar-refractivity contribution in [3.8, 4) is 0 Å². The van der Waals surface area contributed by atoms with Crippen LogP contribution in [0.4, 0.5) is 15.9 Å². The fraction of sp³-hybridized carbons (Fsp3) is 0. The molecule has 0 spiro atoms. The molecule has 0 bridgehead atoms. The van der Waals surface area contributed by atoms with Gasteiger partial charge in [0.25, 0.3) is 10.0 Å². The van der Waals surface area contributed by atoms with Gasteiger partial charge >= 0.3 is 0 Å². The molecule has 1 aromatic heterocycles. The maximum atomic E-state index is 13.1. The standard InChI is InChI=1S/C13H11FN4O2S/c14-8-2-1-3-10(6-8)21(19,20)18-9-4-5-12-11(7-9)13(15)17-16-12/h1-7,18H,(H3,15,16,17). The number of benzene rings is 2. The second kappa shape index (κ2) is 4.74. The number of fused-ring (bicyclic) bond motifs is 1. The highest BCUT2D eigenvalue weighted by Gasteiger charge is 2.15. The first-order chi connectivity index (χ1) is 9.95. The van der Waals surface area contributed by atoms with Gasteiger partial charge in [-0.2, -0.15) is 5.10 Å². The van der Waals surface area contributed by atoms with E-state index in [9.17, 15) is 12.8 Å². The van der Waals surface area contributed by atoms with Crippen LogP contribution < -0.4 is 10.5 Å². The summed E-state index contributed by atoms with van der Waals surface area (Å²) in [5.41, 5.74) is 6.69. The topological polar surface area (TPSA) is 101 Å². The first-order valence-electron chi connectivity index (χ1n) is 5.98. The highest BCUT2D eigenvalue weighted by Crippen LogP contribution is 2.24. The van der Waals surface area contributed by atoms with Crippen LogP contribution >= 0.6 is 0 Å². The molecule has 0 saturated carbocycles. The summed E-state index contributed by atoms with van der Waals surface area (Å²) < 4.78 is 39.9. The Hall–Kier alpha value is -2.61. The van der Waals surface area contributed by atoms with Gasteiger partial charge in [0.1, 0.15) is 5.82 Å². The van der Waals surface area contributed by atoms with Gasteiger partial charge < -0.3 is 5.73 Å². The number of sulfonamides is 1. The zero-order chi connectivity index (χ0) is 15.0. The molecule has 2 aromatic carbocycles. The fourth-order valence-electron chi connectivity index (χ4n) is 1.95. The Morgan fingerprint density at radius 3 is 2.76 bits per heavy atom. The second-order valence-electron chi connectivity index (χ2n) is 4.43. The van der Waals surface area contributed by atoms with Gasteiger partial charge in [-0.3, -0.25) is 9.82 Å². The van der Waals surface area contributed by atoms with Crippen molar-refractivity contribution in [3.63, 3.8) is 0 Å². The van der Waals surface area contributed by atoms with Crippen molar-refractivity contribution in [2.24, 2.45) is 0 Å². The third kappa shape index (κ3) is 2.52. The van der Waals surface area contributed by atoms with E-state index < -0.39 is 15.8 Å². The van der Waals surface area contributed by atoms with Gasteiger partial charge in [0.05, 0.1) is 10.4 Å². The first kappa shape index (κ1) is 13.4. The Bertz CT molecular complexity index is 921. The van der Waals surface area contributed by atoms with E-state index in [-0.39, 0.29) is 10.7 Å². The molecule has 21 heavy (non-hydrogen) atoms. The first-order valence-corrected chi connectivity index (χ1v) is 7.46. The number of nitrogen functional groups attached to an aromatic ring is 1. The van der Waals surface area contributed by atoms with Crippen molar-refractivity contribution in [2.75, 3.05) is 10.5 Å². The van der Waals surface area contributed by atoms with E-state index in [0.29, 0.717) is 16.6 Å². The molecule has 0 radical (unpaired) electrons. The molecule has 0 atom stereocenters. The number of aromatic amines is 1.